The topological polar surface area (TPSA) is 29.5 Å². The first-order chi connectivity index (χ1) is 9.81. The molecule has 2 rings (SSSR count). The van der Waals surface area contributed by atoms with Crippen molar-refractivity contribution in [2.75, 3.05) is 7.11 Å². The molecule has 1 unspecified atom stereocenters. The molecule has 0 saturated heterocycles. The summed E-state index contributed by atoms with van der Waals surface area (Å²) in [6.07, 6.45) is 0.529. The van der Waals surface area contributed by atoms with Gasteiger partial charge in [0.1, 0.15) is 5.75 Å². The van der Waals surface area contributed by atoms with Crippen LogP contribution in [0.2, 0.25) is 0 Å². The molecule has 0 aromatic heterocycles. The summed E-state index contributed by atoms with van der Waals surface area (Å²) in [5.41, 5.74) is 4.56. The van der Waals surface area contributed by atoms with E-state index in [0.29, 0.717) is 6.42 Å². The Balaban J connectivity index is 2.38. The molecule has 0 spiro atoms. The zero-order valence-electron chi connectivity index (χ0n) is 13.5. The second-order valence-electron chi connectivity index (χ2n) is 6.14. The van der Waals surface area contributed by atoms with Crippen LogP contribution in [0, 0.1) is 20.8 Å². The Labute approximate surface area is 127 Å². The van der Waals surface area contributed by atoms with Crippen LogP contribution in [-0.4, -0.2) is 12.2 Å². The van der Waals surface area contributed by atoms with E-state index in [-0.39, 0.29) is 0 Å². The molecule has 0 heterocycles. The van der Waals surface area contributed by atoms with Gasteiger partial charge in [0.15, 0.2) is 0 Å². The summed E-state index contributed by atoms with van der Waals surface area (Å²) in [6, 6.07) is 12.3. The second-order valence-corrected chi connectivity index (χ2v) is 6.14. The zero-order chi connectivity index (χ0) is 15.6. The maximum atomic E-state index is 10.9. The van der Waals surface area contributed by atoms with Crippen LogP contribution in [0.15, 0.2) is 36.4 Å². The fourth-order valence-corrected chi connectivity index (χ4v) is 2.80. The molecule has 0 aliphatic carbocycles. The van der Waals surface area contributed by atoms with Gasteiger partial charge in [-0.15, -0.1) is 0 Å². The molecule has 1 atom stereocenters. The minimum absolute atomic E-state index is 0.529. The van der Waals surface area contributed by atoms with E-state index in [1.165, 1.54) is 16.7 Å². The van der Waals surface area contributed by atoms with E-state index in [9.17, 15) is 5.11 Å². The molecule has 0 fully saturated rings. The van der Waals surface area contributed by atoms with Gasteiger partial charge in [-0.1, -0.05) is 47.0 Å². The molecular formula is C19H24O2. The lowest BCUT2D eigenvalue weighted by atomic mass is 9.86. The van der Waals surface area contributed by atoms with Crippen LogP contribution in [0.3, 0.4) is 0 Å². The molecule has 1 N–H and O–H groups in total. The molecule has 2 aromatic carbocycles. The largest absolute Gasteiger partial charge is 0.496 e. The van der Waals surface area contributed by atoms with Crippen molar-refractivity contribution in [3.05, 3.63) is 64.2 Å². The van der Waals surface area contributed by atoms with Crippen molar-refractivity contribution >= 4 is 0 Å². The summed E-state index contributed by atoms with van der Waals surface area (Å²) in [5, 5.41) is 10.9. The van der Waals surface area contributed by atoms with Gasteiger partial charge >= 0.3 is 0 Å². The van der Waals surface area contributed by atoms with Gasteiger partial charge < -0.3 is 9.84 Å². The highest BCUT2D eigenvalue weighted by atomic mass is 16.5. The molecule has 2 heteroatoms. The van der Waals surface area contributed by atoms with Crippen LogP contribution >= 0.6 is 0 Å². The van der Waals surface area contributed by atoms with E-state index in [4.69, 9.17) is 4.74 Å². The van der Waals surface area contributed by atoms with Gasteiger partial charge in [-0.2, -0.15) is 0 Å². The maximum absolute atomic E-state index is 10.9. The van der Waals surface area contributed by atoms with E-state index < -0.39 is 5.60 Å². The summed E-state index contributed by atoms with van der Waals surface area (Å²) in [5.74, 6) is 0.824. The average Bonchev–Trinajstić information content (AvgIpc) is 2.37. The molecular weight excluding hydrogens is 260 g/mol. The van der Waals surface area contributed by atoms with E-state index in [1.807, 2.05) is 19.1 Å². The van der Waals surface area contributed by atoms with Crippen LogP contribution in [0.1, 0.15) is 34.7 Å². The SMILES string of the molecule is COc1ccc(C)cc1CC(C)(O)c1cc(C)cc(C)c1. The molecule has 21 heavy (non-hydrogen) atoms. The molecule has 2 nitrogen and oxygen atoms in total. The fraction of sp³-hybridized carbons (Fsp3) is 0.368. The first kappa shape index (κ1) is 15.6. The van der Waals surface area contributed by atoms with Crippen molar-refractivity contribution in [3.63, 3.8) is 0 Å². The molecule has 2 aromatic rings. The molecule has 0 radical (unpaired) electrons. The maximum Gasteiger partial charge on any atom is 0.122 e. The minimum atomic E-state index is -0.919. The highest BCUT2D eigenvalue weighted by Crippen LogP contribution is 2.31. The van der Waals surface area contributed by atoms with Gasteiger partial charge in [-0.25, -0.2) is 0 Å². The number of ether oxygens (including phenoxy) is 1. The number of rotatable bonds is 4. The first-order valence-corrected chi connectivity index (χ1v) is 7.26. The summed E-state index contributed by atoms with van der Waals surface area (Å²) in [7, 11) is 1.67. The van der Waals surface area contributed by atoms with Crippen molar-refractivity contribution in [2.24, 2.45) is 0 Å². The number of methoxy groups -OCH3 is 1. The van der Waals surface area contributed by atoms with Crippen molar-refractivity contribution in [3.8, 4) is 5.75 Å². The second kappa shape index (κ2) is 5.90. The standard InChI is InChI=1S/C19H24O2/c1-13-6-7-18(21-5)16(9-13)12-19(4,20)17-10-14(2)8-15(3)11-17/h6-11,20H,12H2,1-5H3. The highest BCUT2D eigenvalue weighted by molar-refractivity contribution is 5.40. The monoisotopic (exact) mass is 284 g/mol. The Morgan fingerprint density at radius 1 is 0.952 bits per heavy atom. The summed E-state index contributed by atoms with van der Waals surface area (Å²) in [6.45, 7) is 8.02. The predicted molar refractivity (Wildman–Crippen MR) is 86.9 cm³/mol. The fourth-order valence-electron chi connectivity index (χ4n) is 2.80. The van der Waals surface area contributed by atoms with Gasteiger partial charge in [0, 0.05) is 6.42 Å². The molecule has 112 valence electrons. The van der Waals surface area contributed by atoms with Crippen molar-refractivity contribution < 1.29 is 9.84 Å². The number of hydrogen-bond donors (Lipinski definition) is 1. The van der Waals surface area contributed by atoms with E-state index in [2.05, 4.69) is 45.0 Å². The van der Waals surface area contributed by atoms with E-state index in [1.54, 1.807) is 7.11 Å². The lowest BCUT2D eigenvalue weighted by Gasteiger charge is -2.26. The Bertz CT molecular complexity index is 622. The molecule has 0 aliphatic rings. The van der Waals surface area contributed by atoms with Crippen LogP contribution in [0.4, 0.5) is 0 Å². The predicted octanol–water partition coefficient (Wildman–Crippen LogP) is 4.07. The molecule has 0 bridgehead atoms. The van der Waals surface area contributed by atoms with Crippen LogP contribution in [0.25, 0.3) is 0 Å². The van der Waals surface area contributed by atoms with Crippen molar-refractivity contribution in [2.45, 2.75) is 39.7 Å². The van der Waals surface area contributed by atoms with E-state index in [0.717, 1.165) is 16.9 Å². The zero-order valence-corrected chi connectivity index (χ0v) is 13.5. The Morgan fingerprint density at radius 3 is 2.14 bits per heavy atom. The number of aryl methyl sites for hydroxylation is 3. The van der Waals surface area contributed by atoms with Gasteiger partial charge in [-0.05, 0) is 44.9 Å². The van der Waals surface area contributed by atoms with Gasteiger partial charge in [0.2, 0.25) is 0 Å². The highest BCUT2D eigenvalue weighted by Gasteiger charge is 2.25. The lowest BCUT2D eigenvalue weighted by molar-refractivity contribution is 0.0568. The summed E-state index contributed by atoms with van der Waals surface area (Å²) < 4.78 is 5.42. The van der Waals surface area contributed by atoms with Gasteiger partial charge in [-0.3, -0.25) is 0 Å². The summed E-state index contributed by atoms with van der Waals surface area (Å²) in [4.78, 5) is 0. The smallest absolute Gasteiger partial charge is 0.122 e. The Kier molecular flexibility index (Phi) is 4.38. The Hall–Kier alpha value is -1.80. The first-order valence-electron chi connectivity index (χ1n) is 7.26. The third kappa shape index (κ3) is 3.64. The van der Waals surface area contributed by atoms with Gasteiger partial charge in [0.05, 0.1) is 12.7 Å². The third-order valence-corrected chi connectivity index (χ3v) is 3.81. The van der Waals surface area contributed by atoms with Crippen LogP contribution in [0.5, 0.6) is 5.75 Å². The number of hydrogen-bond acceptors (Lipinski definition) is 2. The molecule has 0 saturated carbocycles. The number of aliphatic hydroxyl groups is 1. The van der Waals surface area contributed by atoms with Crippen molar-refractivity contribution in [1.29, 1.82) is 0 Å². The van der Waals surface area contributed by atoms with Crippen LogP contribution in [-0.2, 0) is 12.0 Å². The molecule has 0 amide bonds. The third-order valence-electron chi connectivity index (χ3n) is 3.81. The van der Waals surface area contributed by atoms with E-state index >= 15 is 0 Å². The summed E-state index contributed by atoms with van der Waals surface area (Å²) >= 11 is 0. The Morgan fingerprint density at radius 2 is 1.57 bits per heavy atom. The molecule has 0 aliphatic heterocycles. The number of benzene rings is 2. The van der Waals surface area contributed by atoms with Crippen molar-refractivity contribution in [1.82, 2.24) is 0 Å². The quantitative estimate of drug-likeness (QED) is 0.917. The average molecular weight is 284 g/mol. The van der Waals surface area contributed by atoms with Crippen LogP contribution < -0.4 is 4.74 Å². The minimum Gasteiger partial charge on any atom is -0.496 e. The normalized spacial score (nSPS) is 13.8. The van der Waals surface area contributed by atoms with Gasteiger partial charge in [0.25, 0.3) is 0 Å². The lowest BCUT2D eigenvalue weighted by Crippen LogP contribution is -2.25.